The number of fused-ring (bicyclic) bond motifs is 1. The monoisotopic (exact) mass is 229 g/mol. The molecule has 0 aliphatic carbocycles. The first-order valence-corrected chi connectivity index (χ1v) is 6.46. The number of aliphatic imine (C=N–C) groups is 1. The van der Waals surface area contributed by atoms with Crippen molar-refractivity contribution in [1.29, 1.82) is 0 Å². The summed E-state index contributed by atoms with van der Waals surface area (Å²) >= 11 is 0. The van der Waals surface area contributed by atoms with Gasteiger partial charge in [-0.05, 0) is 25.3 Å². The molecule has 0 spiro atoms. The average Bonchev–Trinajstić information content (AvgIpc) is 2.39. The van der Waals surface area contributed by atoms with Crippen LogP contribution in [-0.4, -0.2) is 30.5 Å². The lowest BCUT2D eigenvalue weighted by atomic mass is 9.98. The van der Waals surface area contributed by atoms with E-state index in [1.807, 2.05) is 0 Å². The Morgan fingerprint density at radius 1 is 1.29 bits per heavy atom. The molecule has 2 aliphatic rings. The maximum atomic E-state index is 4.58. The molecule has 0 amide bonds. The molecule has 1 unspecified atom stereocenters. The highest BCUT2D eigenvalue weighted by molar-refractivity contribution is 5.81. The first-order chi connectivity index (χ1) is 8.34. The second-order valence-electron chi connectivity index (χ2n) is 4.89. The van der Waals surface area contributed by atoms with Crippen molar-refractivity contribution in [2.75, 3.05) is 19.6 Å². The summed E-state index contributed by atoms with van der Waals surface area (Å²) in [6.07, 6.45) is 2.34. The van der Waals surface area contributed by atoms with E-state index in [1.54, 1.807) is 0 Å². The van der Waals surface area contributed by atoms with Crippen molar-refractivity contribution in [3.8, 4) is 0 Å². The Kier molecular flexibility index (Phi) is 2.75. The van der Waals surface area contributed by atoms with Gasteiger partial charge in [0.2, 0.25) is 0 Å². The van der Waals surface area contributed by atoms with Crippen molar-refractivity contribution < 1.29 is 0 Å². The Bertz CT molecular complexity index is 422. The zero-order valence-electron chi connectivity index (χ0n) is 10.3. The zero-order chi connectivity index (χ0) is 11.7. The molecule has 0 bridgehead atoms. The van der Waals surface area contributed by atoms with Crippen LogP contribution in [-0.2, 0) is 0 Å². The topological polar surface area (TPSA) is 27.6 Å². The van der Waals surface area contributed by atoms with Crippen LogP contribution < -0.4 is 5.32 Å². The van der Waals surface area contributed by atoms with Gasteiger partial charge < -0.3 is 10.2 Å². The molecule has 0 saturated carbocycles. The highest BCUT2D eigenvalue weighted by Crippen LogP contribution is 2.28. The van der Waals surface area contributed by atoms with Crippen molar-refractivity contribution in [3.63, 3.8) is 0 Å². The quantitative estimate of drug-likeness (QED) is 0.798. The molecule has 1 saturated heterocycles. The number of benzene rings is 1. The molecule has 0 radical (unpaired) electrons. The van der Waals surface area contributed by atoms with E-state index in [-0.39, 0.29) is 0 Å². The van der Waals surface area contributed by atoms with Crippen molar-refractivity contribution in [1.82, 2.24) is 10.2 Å². The first kappa shape index (κ1) is 10.6. The van der Waals surface area contributed by atoms with Crippen LogP contribution in [0, 0.1) is 6.92 Å². The summed E-state index contributed by atoms with van der Waals surface area (Å²) in [5.74, 6) is 1.10. The minimum atomic E-state index is 0.510. The molecule has 1 aromatic carbocycles. The maximum absolute atomic E-state index is 4.58. The smallest absolute Gasteiger partial charge is 0.194 e. The van der Waals surface area contributed by atoms with Gasteiger partial charge in [0.05, 0.1) is 6.04 Å². The number of nitrogens with zero attached hydrogens (tertiary/aromatic N) is 2. The summed E-state index contributed by atoms with van der Waals surface area (Å²) in [6, 6.07) is 9.45. The molecular weight excluding hydrogens is 210 g/mol. The van der Waals surface area contributed by atoms with Crippen LogP contribution >= 0.6 is 0 Å². The van der Waals surface area contributed by atoms with E-state index < -0.39 is 0 Å². The van der Waals surface area contributed by atoms with E-state index in [2.05, 4.69) is 46.4 Å². The minimum Gasteiger partial charge on any atom is -0.356 e. The van der Waals surface area contributed by atoms with Crippen molar-refractivity contribution in [2.24, 2.45) is 4.99 Å². The minimum absolute atomic E-state index is 0.510. The van der Waals surface area contributed by atoms with Gasteiger partial charge in [0.15, 0.2) is 5.96 Å². The van der Waals surface area contributed by atoms with E-state index in [4.69, 9.17) is 0 Å². The van der Waals surface area contributed by atoms with Gasteiger partial charge in [-0.15, -0.1) is 0 Å². The molecular formula is C14H19N3. The molecule has 0 aromatic heterocycles. The highest BCUT2D eigenvalue weighted by Gasteiger charge is 2.28. The zero-order valence-corrected chi connectivity index (χ0v) is 10.3. The number of rotatable bonds is 1. The van der Waals surface area contributed by atoms with Gasteiger partial charge in [0, 0.05) is 19.6 Å². The van der Waals surface area contributed by atoms with E-state index in [0.717, 1.165) is 25.6 Å². The van der Waals surface area contributed by atoms with Crippen LogP contribution in [0.4, 0.5) is 0 Å². The van der Waals surface area contributed by atoms with Gasteiger partial charge in [0.1, 0.15) is 0 Å². The molecule has 17 heavy (non-hydrogen) atoms. The number of nitrogens with one attached hydrogen (secondary N) is 1. The molecule has 3 rings (SSSR count). The largest absolute Gasteiger partial charge is 0.356 e. The second-order valence-corrected chi connectivity index (χ2v) is 4.89. The van der Waals surface area contributed by atoms with Crippen molar-refractivity contribution >= 4 is 5.96 Å². The number of hydrogen-bond acceptors (Lipinski definition) is 3. The van der Waals surface area contributed by atoms with Gasteiger partial charge in [-0.3, -0.25) is 4.99 Å². The molecule has 1 aromatic rings. The number of aryl methyl sites for hydroxylation is 1. The molecule has 2 aliphatic heterocycles. The molecule has 1 atom stereocenters. The standard InChI is InChI=1S/C14H19N3/c1-11-3-5-12(6-4-11)13-7-9-16-14-15-8-2-10-17(13)14/h3-6,13H,2,7-10H2,1H3,(H,15,16). The lowest BCUT2D eigenvalue weighted by Crippen LogP contribution is -2.51. The number of guanidine groups is 1. The van der Waals surface area contributed by atoms with E-state index in [0.29, 0.717) is 6.04 Å². The summed E-state index contributed by atoms with van der Waals surface area (Å²) in [5.41, 5.74) is 2.75. The van der Waals surface area contributed by atoms with Crippen LogP contribution in [0.3, 0.4) is 0 Å². The Labute approximate surface area is 103 Å². The normalized spacial score (nSPS) is 23.7. The van der Waals surface area contributed by atoms with E-state index in [1.165, 1.54) is 24.0 Å². The van der Waals surface area contributed by atoms with E-state index >= 15 is 0 Å². The molecule has 1 fully saturated rings. The Morgan fingerprint density at radius 3 is 2.94 bits per heavy atom. The first-order valence-electron chi connectivity index (χ1n) is 6.46. The maximum Gasteiger partial charge on any atom is 0.194 e. The van der Waals surface area contributed by atoms with Crippen LogP contribution in [0.5, 0.6) is 0 Å². The average molecular weight is 229 g/mol. The third-order valence-electron chi connectivity index (χ3n) is 3.63. The summed E-state index contributed by atoms with van der Waals surface area (Å²) in [7, 11) is 0. The van der Waals surface area contributed by atoms with Crippen molar-refractivity contribution in [3.05, 3.63) is 35.4 Å². The molecule has 3 nitrogen and oxygen atoms in total. The fourth-order valence-corrected chi connectivity index (χ4v) is 2.70. The van der Waals surface area contributed by atoms with Crippen LogP contribution in [0.15, 0.2) is 29.3 Å². The Balaban J connectivity index is 1.88. The summed E-state index contributed by atoms with van der Waals surface area (Å²) in [6.45, 7) is 5.28. The lowest BCUT2D eigenvalue weighted by molar-refractivity contribution is 0.253. The molecule has 3 heteroatoms. The van der Waals surface area contributed by atoms with Gasteiger partial charge in [0.25, 0.3) is 0 Å². The SMILES string of the molecule is Cc1ccc(C2CCNC3=NCCCN32)cc1. The predicted octanol–water partition coefficient (Wildman–Crippen LogP) is 2.09. The highest BCUT2D eigenvalue weighted by atomic mass is 15.3. The second kappa shape index (κ2) is 4.40. The fourth-order valence-electron chi connectivity index (χ4n) is 2.70. The van der Waals surface area contributed by atoms with Gasteiger partial charge in [-0.2, -0.15) is 0 Å². The van der Waals surface area contributed by atoms with Crippen molar-refractivity contribution in [2.45, 2.75) is 25.8 Å². The summed E-state index contributed by atoms with van der Waals surface area (Å²) < 4.78 is 0. The predicted molar refractivity (Wildman–Crippen MR) is 70.2 cm³/mol. The van der Waals surface area contributed by atoms with Gasteiger partial charge in [-0.1, -0.05) is 29.8 Å². The van der Waals surface area contributed by atoms with Crippen LogP contribution in [0.1, 0.15) is 30.0 Å². The summed E-state index contributed by atoms with van der Waals surface area (Å²) in [4.78, 5) is 7.00. The van der Waals surface area contributed by atoms with Crippen LogP contribution in [0.2, 0.25) is 0 Å². The molecule has 90 valence electrons. The van der Waals surface area contributed by atoms with Crippen LogP contribution in [0.25, 0.3) is 0 Å². The Hall–Kier alpha value is -1.51. The lowest BCUT2D eigenvalue weighted by Gasteiger charge is -2.41. The van der Waals surface area contributed by atoms with E-state index in [9.17, 15) is 0 Å². The number of hydrogen-bond donors (Lipinski definition) is 1. The fraction of sp³-hybridized carbons (Fsp3) is 0.500. The van der Waals surface area contributed by atoms with Gasteiger partial charge in [-0.25, -0.2) is 0 Å². The summed E-state index contributed by atoms with van der Waals surface area (Å²) in [5, 5.41) is 3.41. The van der Waals surface area contributed by atoms with Gasteiger partial charge >= 0.3 is 0 Å². The third-order valence-corrected chi connectivity index (χ3v) is 3.63. The Morgan fingerprint density at radius 2 is 2.12 bits per heavy atom. The molecule has 1 N–H and O–H groups in total. The molecule has 2 heterocycles. The third kappa shape index (κ3) is 2.02.